The summed E-state index contributed by atoms with van der Waals surface area (Å²) in [5, 5.41) is 25.5. The molecule has 4 N–H and O–H groups in total. The van der Waals surface area contributed by atoms with Crippen LogP contribution in [0.15, 0.2) is 97.6 Å². The minimum Gasteiger partial charge on any atom is -0.494 e. The number of hydrogen-bond acceptors (Lipinski definition) is 14. The van der Waals surface area contributed by atoms with Crippen molar-refractivity contribution in [1.82, 2.24) is 39.0 Å². The van der Waals surface area contributed by atoms with Crippen molar-refractivity contribution in [2.24, 2.45) is 7.05 Å². The van der Waals surface area contributed by atoms with Crippen molar-refractivity contribution >= 4 is 57.1 Å². The van der Waals surface area contributed by atoms with Gasteiger partial charge in [-0.3, -0.25) is 4.79 Å². The van der Waals surface area contributed by atoms with Gasteiger partial charge in [0.05, 0.1) is 36.1 Å². The maximum Gasteiger partial charge on any atom is 0.254 e. The van der Waals surface area contributed by atoms with E-state index in [1.54, 1.807) is 25.6 Å². The first-order valence-electron chi connectivity index (χ1n) is 22.8. The fraction of sp³-hybridized carbons (Fsp3) is 0.360. The molecule has 0 aliphatic carbocycles. The predicted octanol–water partition coefficient (Wildman–Crippen LogP) is 7.31. The van der Waals surface area contributed by atoms with Gasteiger partial charge in [-0.2, -0.15) is 9.61 Å². The summed E-state index contributed by atoms with van der Waals surface area (Å²) in [6.07, 6.45) is 12.2. The Labute approximate surface area is 391 Å². The first-order valence-corrected chi connectivity index (χ1v) is 22.8. The molecule has 2 aromatic carbocycles. The highest BCUT2D eigenvalue weighted by molar-refractivity contribution is 6.06. The molecule has 1 atom stereocenters. The van der Waals surface area contributed by atoms with E-state index in [2.05, 4.69) is 82.1 Å². The van der Waals surface area contributed by atoms with E-state index >= 15 is 0 Å². The smallest absolute Gasteiger partial charge is 0.254 e. The third-order valence-corrected chi connectivity index (χ3v) is 12.2. The molecule has 1 aliphatic rings. The number of aliphatic hydroxyl groups excluding tert-OH is 1. The highest BCUT2D eigenvalue weighted by atomic mass is 16.5. The number of fused-ring (bicyclic) bond motifs is 2. The summed E-state index contributed by atoms with van der Waals surface area (Å²) in [7, 11) is 9.63. The van der Waals surface area contributed by atoms with E-state index < -0.39 is 5.91 Å². The van der Waals surface area contributed by atoms with Gasteiger partial charge in [0.25, 0.3) is 5.91 Å². The Morgan fingerprint density at radius 1 is 1.00 bits per heavy atom. The number of nitrogens with one attached hydrogen (secondary N) is 3. The summed E-state index contributed by atoms with van der Waals surface area (Å²) >= 11 is 0. The number of aliphatic hydroxyl groups is 1. The topological polar surface area (TPSA) is 175 Å². The molecule has 0 spiro atoms. The number of pyridine rings is 1. The normalized spacial score (nSPS) is 13.9. The quantitative estimate of drug-likeness (QED) is 0.0561. The van der Waals surface area contributed by atoms with Gasteiger partial charge in [-0.15, -0.1) is 0 Å². The number of aromatic nitrogens is 7. The molecule has 0 unspecified atom stereocenters. The molecule has 1 fully saturated rings. The number of hydrogen-bond donors (Lipinski definition) is 4. The largest absolute Gasteiger partial charge is 0.494 e. The van der Waals surface area contributed by atoms with Gasteiger partial charge < -0.3 is 49.8 Å². The number of likely N-dealkylation sites (N-methyl/N-ethyl adjacent to an activating group) is 2. The van der Waals surface area contributed by atoms with Gasteiger partial charge in [0, 0.05) is 117 Å². The van der Waals surface area contributed by atoms with Crippen LogP contribution in [0.1, 0.15) is 43.7 Å². The Hall–Kier alpha value is -7.24. The standard InChI is InChI=1S/C50H61N13O4/c1-8-35-30-54-63-45(27-46(58-48(35)63)62-21-12-11-13-36(62)19-24-64)52-28-34-16-17-47(53-29-34)67-32-33(2)49(65)55-40-25-41(44(66-7)26-43(40)60(5)23-22-59(3)4)57-50-51-20-18-39(56-50)38-31-61(6)42-15-10-9-14-37(38)42/h9-10,14-18,20,25-27,29-31,36,52,64H,2,8,11-13,19,21-24,28,32H2,1,3-7H3,(H,55,65)(H,51,56,57)/t36-/m0/s1. The summed E-state index contributed by atoms with van der Waals surface area (Å²) in [5.74, 6) is 2.58. The van der Waals surface area contributed by atoms with Crippen molar-refractivity contribution < 1.29 is 19.4 Å². The van der Waals surface area contributed by atoms with Crippen LogP contribution in [0, 0.1) is 0 Å². The molecular weight excluding hydrogens is 847 g/mol. The first kappa shape index (κ1) is 46.3. The van der Waals surface area contributed by atoms with Crippen molar-refractivity contribution in [2.75, 3.05) is 86.9 Å². The van der Waals surface area contributed by atoms with Gasteiger partial charge in [-0.1, -0.05) is 37.8 Å². The Morgan fingerprint density at radius 2 is 1.85 bits per heavy atom. The summed E-state index contributed by atoms with van der Waals surface area (Å²) in [5.41, 5.74) is 7.75. The number of benzene rings is 2. The van der Waals surface area contributed by atoms with Crippen molar-refractivity contribution in [1.29, 1.82) is 0 Å². The van der Waals surface area contributed by atoms with Crippen molar-refractivity contribution in [3.05, 3.63) is 109 Å². The van der Waals surface area contributed by atoms with Gasteiger partial charge in [0.15, 0.2) is 5.65 Å². The number of amides is 1. The molecule has 17 nitrogen and oxygen atoms in total. The van der Waals surface area contributed by atoms with Gasteiger partial charge in [0.1, 0.15) is 24.0 Å². The Balaban J connectivity index is 0.944. The van der Waals surface area contributed by atoms with E-state index in [0.717, 1.165) is 95.0 Å². The lowest BCUT2D eigenvalue weighted by Gasteiger charge is -2.36. The number of rotatable bonds is 20. The lowest BCUT2D eigenvalue weighted by Crippen LogP contribution is -2.40. The second-order valence-corrected chi connectivity index (χ2v) is 17.2. The van der Waals surface area contributed by atoms with Crippen LogP contribution in [-0.2, 0) is 24.8 Å². The minimum absolute atomic E-state index is 0.0805. The zero-order chi connectivity index (χ0) is 47.0. The molecule has 5 aromatic heterocycles. The van der Waals surface area contributed by atoms with Crippen molar-refractivity contribution in [3.8, 4) is 22.9 Å². The van der Waals surface area contributed by atoms with Crippen LogP contribution in [0.4, 0.5) is 34.6 Å². The number of nitrogens with zero attached hydrogens (tertiary/aromatic N) is 10. The highest BCUT2D eigenvalue weighted by Crippen LogP contribution is 2.39. The second kappa shape index (κ2) is 20.9. The Morgan fingerprint density at radius 3 is 2.63 bits per heavy atom. The minimum atomic E-state index is -0.409. The fourth-order valence-electron chi connectivity index (χ4n) is 8.46. The van der Waals surface area contributed by atoms with Crippen LogP contribution in [-0.4, -0.2) is 117 Å². The van der Waals surface area contributed by atoms with Crippen LogP contribution in [0.2, 0.25) is 0 Å². The number of carbonyl (C=O) groups is 1. The molecule has 1 saturated heterocycles. The molecule has 1 aliphatic heterocycles. The van der Waals surface area contributed by atoms with E-state index in [0.29, 0.717) is 48.5 Å². The molecule has 350 valence electrons. The average molecular weight is 908 g/mol. The Kier molecular flexibility index (Phi) is 14.5. The molecule has 8 rings (SSSR count). The number of ether oxygens (including phenoxy) is 2. The van der Waals surface area contributed by atoms with Crippen LogP contribution in [0.5, 0.6) is 11.6 Å². The SMILES string of the molecule is C=C(COc1ccc(CNc2cc(N3CCCC[C@H]3CCO)nc3c(CC)cnn23)cn1)C(=O)Nc1cc(Nc2nccc(-c3cn(C)c4ccccc34)n2)c(OC)cc1N(C)CCN(C)C. The van der Waals surface area contributed by atoms with Gasteiger partial charge >= 0.3 is 0 Å². The van der Waals surface area contributed by atoms with Crippen molar-refractivity contribution in [2.45, 2.75) is 51.6 Å². The van der Waals surface area contributed by atoms with Crippen LogP contribution in [0.3, 0.4) is 0 Å². The number of carbonyl (C=O) groups excluding carboxylic acids is 1. The van der Waals surface area contributed by atoms with Gasteiger partial charge in [0.2, 0.25) is 11.8 Å². The molecule has 0 radical (unpaired) electrons. The predicted molar refractivity (Wildman–Crippen MR) is 266 cm³/mol. The summed E-state index contributed by atoms with van der Waals surface area (Å²) < 4.78 is 15.8. The van der Waals surface area contributed by atoms with E-state index in [1.165, 1.54) is 0 Å². The summed E-state index contributed by atoms with van der Waals surface area (Å²) in [4.78, 5) is 39.3. The number of anilines is 6. The lowest BCUT2D eigenvalue weighted by atomic mass is 9.99. The zero-order valence-electron chi connectivity index (χ0n) is 39.3. The van der Waals surface area contributed by atoms with Crippen molar-refractivity contribution in [3.63, 3.8) is 0 Å². The van der Waals surface area contributed by atoms with Gasteiger partial charge in [-0.05, 0) is 70.0 Å². The molecule has 0 saturated carbocycles. The monoisotopic (exact) mass is 907 g/mol. The summed E-state index contributed by atoms with van der Waals surface area (Å²) in [6, 6.07) is 19.8. The Bertz CT molecular complexity index is 2840. The lowest BCUT2D eigenvalue weighted by molar-refractivity contribution is -0.113. The van der Waals surface area contributed by atoms with Crippen LogP contribution < -0.4 is 35.2 Å². The third-order valence-electron chi connectivity index (χ3n) is 12.2. The maximum absolute atomic E-state index is 13.8. The molecular formula is C50H61N13O4. The molecule has 7 aromatic rings. The first-order chi connectivity index (χ1) is 32.5. The number of para-hydroxylation sites is 1. The van der Waals surface area contributed by atoms with Crippen LogP contribution >= 0.6 is 0 Å². The van der Waals surface area contributed by atoms with Crippen LogP contribution in [0.25, 0.3) is 27.8 Å². The molecule has 1 amide bonds. The third kappa shape index (κ3) is 10.6. The number of piperidine rings is 1. The maximum atomic E-state index is 13.8. The molecule has 0 bridgehead atoms. The highest BCUT2D eigenvalue weighted by Gasteiger charge is 2.25. The fourth-order valence-corrected chi connectivity index (χ4v) is 8.46. The van der Waals surface area contributed by atoms with Gasteiger partial charge in [-0.25, -0.2) is 19.9 Å². The van der Waals surface area contributed by atoms with E-state index in [1.807, 2.05) is 81.4 Å². The second-order valence-electron chi connectivity index (χ2n) is 17.2. The molecule has 17 heteroatoms. The number of aryl methyl sites for hydroxylation is 2. The molecule has 67 heavy (non-hydrogen) atoms. The van der Waals surface area contributed by atoms with E-state index in [9.17, 15) is 9.90 Å². The number of methoxy groups -OCH3 is 1. The molecule has 6 heterocycles. The summed E-state index contributed by atoms with van der Waals surface area (Å²) in [6.45, 7) is 9.09. The average Bonchev–Trinajstić information content (AvgIpc) is 3.93. The van der Waals surface area contributed by atoms with E-state index in [4.69, 9.17) is 19.4 Å². The van der Waals surface area contributed by atoms with E-state index in [-0.39, 0.29) is 24.8 Å². The zero-order valence-corrected chi connectivity index (χ0v) is 39.3.